The number of aromatic nitrogens is 3. The molecule has 3 aromatic rings. The summed E-state index contributed by atoms with van der Waals surface area (Å²) in [4.78, 5) is 8.46. The van der Waals surface area contributed by atoms with Gasteiger partial charge in [0, 0.05) is 18.8 Å². The molecule has 0 bridgehead atoms. The van der Waals surface area contributed by atoms with Crippen LogP contribution in [0.4, 0.5) is 22.0 Å². The fourth-order valence-electron chi connectivity index (χ4n) is 1.85. The van der Waals surface area contributed by atoms with Crippen molar-refractivity contribution in [3.05, 3.63) is 59.7 Å². The average molecular weight is 299 g/mol. The highest BCUT2D eigenvalue weighted by Gasteiger charge is 2.03. The molecule has 0 aliphatic carbocycles. The first-order chi connectivity index (χ1) is 10.7. The van der Waals surface area contributed by atoms with E-state index >= 15 is 0 Å². The van der Waals surface area contributed by atoms with Gasteiger partial charge in [0.25, 0.3) is 0 Å². The first-order valence-corrected chi connectivity index (χ1v) is 6.71. The molecule has 2 aromatic heterocycles. The quantitative estimate of drug-likeness (QED) is 0.753. The van der Waals surface area contributed by atoms with Crippen LogP contribution in [0.25, 0.3) is 0 Å². The Bertz CT molecular complexity index is 757. The third-order valence-electron chi connectivity index (χ3n) is 2.90. The smallest absolute Gasteiger partial charge is 0.224 e. The van der Waals surface area contributed by atoms with Crippen molar-refractivity contribution in [3.8, 4) is 0 Å². The molecule has 0 aliphatic rings. The summed E-state index contributed by atoms with van der Waals surface area (Å²) in [5.41, 5.74) is 0.940. The third kappa shape index (κ3) is 3.57. The van der Waals surface area contributed by atoms with Crippen molar-refractivity contribution in [2.24, 2.45) is 0 Å². The molecular formula is C15H14FN5O. The molecule has 0 unspecified atom stereocenters. The van der Waals surface area contributed by atoms with E-state index < -0.39 is 0 Å². The van der Waals surface area contributed by atoms with Gasteiger partial charge in [-0.3, -0.25) is 0 Å². The first kappa shape index (κ1) is 14.0. The lowest BCUT2D eigenvalue weighted by atomic mass is 10.2. The molecule has 0 radical (unpaired) electrons. The molecule has 6 nitrogen and oxygen atoms in total. The lowest BCUT2D eigenvalue weighted by Crippen LogP contribution is -2.05. The number of hydrogen-bond acceptors (Lipinski definition) is 6. The van der Waals surface area contributed by atoms with Gasteiger partial charge in [0.05, 0.1) is 0 Å². The van der Waals surface area contributed by atoms with Crippen molar-refractivity contribution < 1.29 is 8.91 Å². The van der Waals surface area contributed by atoms with E-state index in [1.54, 1.807) is 30.5 Å². The van der Waals surface area contributed by atoms with Gasteiger partial charge in [-0.05, 0) is 30.7 Å². The lowest BCUT2D eigenvalue weighted by Gasteiger charge is -2.07. The molecule has 112 valence electrons. The van der Waals surface area contributed by atoms with Crippen molar-refractivity contribution in [3.63, 3.8) is 0 Å². The van der Waals surface area contributed by atoms with Gasteiger partial charge in [-0.15, -0.1) is 0 Å². The molecule has 3 rings (SSSR count). The molecule has 0 spiro atoms. The summed E-state index contributed by atoms with van der Waals surface area (Å²) in [6, 6.07) is 9.76. The normalized spacial score (nSPS) is 10.5. The standard InChI is InChI=1S/C15H14FN5O/c1-10-8-14(21-22-10)19-13-6-7-17-15(20-13)18-9-11-2-4-12(16)5-3-11/h2-8H,9H2,1H3,(H2,17,18,19,20,21). The molecule has 1 aromatic carbocycles. The number of rotatable bonds is 5. The van der Waals surface area contributed by atoms with Gasteiger partial charge in [-0.1, -0.05) is 17.3 Å². The number of halogens is 1. The second-order valence-electron chi connectivity index (χ2n) is 4.69. The second-order valence-corrected chi connectivity index (χ2v) is 4.69. The summed E-state index contributed by atoms with van der Waals surface area (Å²) in [7, 11) is 0. The Balaban J connectivity index is 1.64. The van der Waals surface area contributed by atoms with Crippen LogP contribution in [0.1, 0.15) is 11.3 Å². The van der Waals surface area contributed by atoms with Gasteiger partial charge >= 0.3 is 0 Å². The maximum atomic E-state index is 12.8. The Hall–Kier alpha value is -2.96. The molecule has 0 saturated carbocycles. The van der Waals surface area contributed by atoms with Crippen LogP contribution in [0.3, 0.4) is 0 Å². The minimum Gasteiger partial charge on any atom is -0.360 e. The van der Waals surface area contributed by atoms with E-state index in [0.29, 0.717) is 29.9 Å². The topological polar surface area (TPSA) is 75.9 Å². The van der Waals surface area contributed by atoms with Crippen LogP contribution in [0.5, 0.6) is 0 Å². The zero-order chi connectivity index (χ0) is 15.4. The maximum absolute atomic E-state index is 12.8. The summed E-state index contributed by atoms with van der Waals surface area (Å²) in [6.07, 6.45) is 1.63. The summed E-state index contributed by atoms with van der Waals surface area (Å²) in [5, 5.41) is 9.95. The van der Waals surface area contributed by atoms with Crippen LogP contribution < -0.4 is 10.6 Å². The van der Waals surface area contributed by atoms with Crippen molar-refractivity contribution in [1.29, 1.82) is 0 Å². The SMILES string of the molecule is Cc1cc(Nc2ccnc(NCc3ccc(F)cc3)n2)no1. The Morgan fingerprint density at radius 3 is 2.68 bits per heavy atom. The van der Waals surface area contributed by atoms with Crippen LogP contribution in [0.2, 0.25) is 0 Å². The molecule has 2 heterocycles. The van der Waals surface area contributed by atoms with Crippen LogP contribution in [0.15, 0.2) is 47.1 Å². The van der Waals surface area contributed by atoms with Gasteiger partial charge in [-0.2, -0.15) is 4.98 Å². The second kappa shape index (κ2) is 6.21. The summed E-state index contributed by atoms with van der Waals surface area (Å²) in [6.45, 7) is 2.32. The van der Waals surface area contributed by atoms with E-state index in [0.717, 1.165) is 5.56 Å². The van der Waals surface area contributed by atoms with E-state index in [-0.39, 0.29) is 5.82 Å². The van der Waals surface area contributed by atoms with Crippen LogP contribution in [0, 0.1) is 12.7 Å². The highest BCUT2D eigenvalue weighted by atomic mass is 19.1. The fraction of sp³-hybridized carbons (Fsp3) is 0.133. The summed E-state index contributed by atoms with van der Waals surface area (Å²) in [5.74, 6) is 2.11. The largest absolute Gasteiger partial charge is 0.360 e. The molecule has 0 amide bonds. The molecule has 0 saturated heterocycles. The Morgan fingerprint density at radius 1 is 1.14 bits per heavy atom. The van der Waals surface area contributed by atoms with Gasteiger partial charge in [0.15, 0.2) is 5.82 Å². The van der Waals surface area contributed by atoms with E-state index in [1.165, 1.54) is 12.1 Å². The lowest BCUT2D eigenvalue weighted by molar-refractivity contribution is 0.400. The average Bonchev–Trinajstić information content (AvgIpc) is 2.92. The molecule has 7 heteroatoms. The molecular weight excluding hydrogens is 285 g/mol. The minimum atomic E-state index is -0.255. The van der Waals surface area contributed by atoms with Gasteiger partial charge in [0.2, 0.25) is 5.95 Å². The number of nitrogens with zero attached hydrogens (tertiary/aromatic N) is 3. The fourth-order valence-corrected chi connectivity index (χ4v) is 1.85. The van der Waals surface area contributed by atoms with Crippen LogP contribution >= 0.6 is 0 Å². The van der Waals surface area contributed by atoms with E-state index in [9.17, 15) is 4.39 Å². The van der Waals surface area contributed by atoms with E-state index in [4.69, 9.17) is 4.52 Å². The van der Waals surface area contributed by atoms with E-state index in [1.807, 2.05) is 6.92 Å². The van der Waals surface area contributed by atoms with Crippen molar-refractivity contribution in [2.45, 2.75) is 13.5 Å². The number of aryl methyl sites for hydroxylation is 1. The van der Waals surface area contributed by atoms with E-state index in [2.05, 4.69) is 25.8 Å². The highest BCUT2D eigenvalue weighted by Crippen LogP contribution is 2.15. The van der Waals surface area contributed by atoms with Gasteiger partial charge in [0.1, 0.15) is 17.4 Å². The summed E-state index contributed by atoms with van der Waals surface area (Å²) < 4.78 is 17.8. The molecule has 0 atom stereocenters. The number of anilines is 3. The molecule has 2 N–H and O–H groups in total. The van der Waals surface area contributed by atoms with Crippen LogP contribution in [-0.4, -0.2) is 15.1 Å². The van der Waals surface area contributed by atoms with Crippen molar-refractivity contribution in [1.82, 2.24) is 15.1 Å². The number of benzene rings is 1. The Kier molecular flexibility index (Phi) is 3.95. The molecule has 0 aliphatic heterocycles. The molecule has 0 fully saturated rings. The predicted octanol–water partition coefficient (Wildman–Crippen LogP) is 3.27. The molecule has 22 heavy (non-hydrogen) atoms. The zero-order valence-electron chi connectivity index (χ0n) is 11.9. The van der Waals surface area contributed by atoms with Crippen molar-refractivity contribution >= 4 is 17.6 Å². The van der Waals surface area contributed by atoms with Gasteiger partial charge in [-0.25, -0.2) is 9.37 Å². The predicted molar refractivity (Wildman–Crippen MR) is 80.3 cm³/mol. The summed E-state index contributed by atoms with van der Waals surface area (Å²) >= 11 is 0. The maximum Gasteiger partial charge on any atom is 0.224 e. The minimum absolute atomic E-state index is 0.255. The Morgan fingerprint density at radius 2 is 1.95 bits per heavy atom. The highest BCUT2D eigenvalue weighted by molar-refractivity contribution is 5.52. The van der Waals surface area contributed by atoms with Crippen LogP contribution in [-0.2, 0) is 6.54 Å². The first-order valence-electron chi connectivity index (χ1n) is 6.71. The third-order valence-corrected chi connectivity index (χ3v) is 2.90. The van der Waals surface area contributed by atoms with Gasteiger partial charge < -0.3 is 15.2 Å². The Labute approximate surface area is 126 Å². The van der Waals surface area contributed by atoms with Crippen molar-refractivity contribution in [2.75, 3.05) is 10.6 Å². The number of hydrogen-bond donors (Lipinski definition) is 2. The monoisotopic (exact) mass is 299 g/mol. The number of nitrogens with one attached hydrogen (secondary N) is 2. The zero-order valence-corrected chi connectivity index (χ0v) is 11.9.